The highest BCUT2D eigenvalue weighted by Gasteiger charge is 2.23. The second-order valence-electron chi connectivity index (χ2n) is 11.5. The number of carbonyl (C=O) groups is 2. The molecule has 1 N–H and O–H groups in total. The molecular weight excluding hydrogens is 512 g/mol. The third-order valence-corrected chi connectivity index (χ3v) is 6.85. The Morgan fingerprint density at radius 1 is 0.951 bits per heavy atom. The van der Waals surface area contributed by atoms with Gasteiger partial charge >= 0.3 is 0 Å². The molecule has 0 saturated carbocycles. The number of benzene rings is 3. The molecule has 6 heteroatoms. The van der Waals surface area contributed by atoms with Gasteiger partial charge in [0.05, 0.1) is 19.2 Å². The number of aromatic nitrogens is 1. The van der Waals surface area contributed by atoms with Crippen LogP contribution < -0.4 is 10.1 Å². The van der Waals surface area contributed by atoms with Crippen molar-refractivity contribution in [3.8, 4) is 16.9 Å². The van der Waals surface area contributed by atoms with Gasteiger partial charge in [-0.2, -0.15) is 0 Å². The van der Waals surface area contributed by atoms with Gasteiger partial charge in [-0.05, 0) is 53.1 Å². The lowest BCUT2D eigenvalue weighted by Crippen LogP contribution is -2.27. The Morgan fingerprint density at radius 3 is 2.34 bits per heavy atom. The van der Waals surface area contributed by atoms with E-state index in [-0.39, 0.29) is 17.1 Å². The van der Waals surface area contributed by atoms with Gasteiger partial charge in [-0.15, -0.1) is 0 Å². The van der Waals surface area contributed by atoms with Gasteiger partial charge in [0.25, 0.3) is 5.91 Å². The average Bonchev–Trinajstić information content (AvgIpc) is 2.96. The molecule has 0 unspecified atom stereocenters. The predicted octanol–water partition coefficient (Wildman–Crippen LogP) is 7.28. The first-order valence-electron chi connectivity index (χ1n) is 14.2. The molecule has 1 amide bonds. The smallest absolute Gasteiger partial charge is 0.251 e. The quantitative estimate of drug-likeness (QED) is 0.148. The number of fused-ring (bicyclic) bond motifs is 1. The largest absolute Gasteiger partial charge is 0.496 e. The molecule has 0 spiro atoms. The van der Waals surface area contributed by atoms with Crippen molar-refractivity contribution in [2.75, 3.05) is 26.9 Å². The van der Waals surface area contributed by atoms with Gasteiger partial charge in [-0.25, -0.2) is 0 Å². The minimum absolute atomic E-state index is 0.0886. The monoisotopic (exact) mass is 552 g/mol. The second kappa shape index (κ2) is 13.6. The van der Waals surface area contributed by atoms with Crippen LogP contribution in [0.25, 0.3) is 22.0 Å². The molecule has 0 saturated heterocycles. The van der Waals surface area contributed by atoms with E-state index >= 15 is 0 Å². The molecule has 0 aliphatic carbocycles. The molecule has 4 rings (SSSR count). The van der Waals surface area contributed by atoms with Crippen molar-refractivity contribution >= 4 is 22.6 Å². The highest BCUT2D eigenvalue weighted by atomic mass is 16.5. The van der Waals surface area contributed by atoms with Crippen LogP contribution in [0.1, 0.15) is 72.4 Å². The first kappa shape index (κ1) is 29.9. The zero-order chi connectivity index (χ0) is 29.4. The number of pyridine rings is 1. The van der Waals surface area contributed by atoms with Crippen LogP contribution in [0, 0.1) is 5.41 Å². The summed E-state index contributed by atoms with van der Waals surface area (Å²) in [5.41, 5.74) is 5.72. The summed E-state index contributed by atoms with van der Waals surface area (Å²) in [5, 5.41) is 3.81. The van der Waals surface area contributed by atoms with Crippen molar-refractivity contribution in [3.63, 3.8) is 0 Å². The third-order valence-electron chi connectivity index (χ3n) is 6.85. The molecular formula is C35H40N2O4. The fourth-order valence-electron chi connectivity index (χ4n) is 4.86. The molecule has 0 radical (unpaired) electrons. The number of nitrogens with one attached hydrogen (secondary N) is 1. The van der Waals surface area contributed by atoms with Crippen molar-refractivity contribution in [1.82, 2.24) is 10.3 Å². The van der Waals surface area contributed by atoms with Gasteiger partial charge in [0.15, 0.2) is 5.78 Å². The first-order chi connectivity index (χ1) is 19.7. The van der Waals surface area contributed by atoms with Crippen molar-refractivity contribution < 1.29 is 19.1 Å². The van der Waals surface area contributed by atoms with Crippen LogP contribution in [0.4, 0.5) is 0 Å². The van der Waals surface area contributed by atoms with E-state index in [2.05, 4.69) is 51.2 Å². The fourth-order valence-corrected chi connectivity index (χ4v) is 4.86. The number of rotatable bonds is 12. The van der Waals surface area contributed by atoms with Crippen molar-refractivity contribution in [2.24, 2.45) is 5.41 Å². The highest BCUT2D eigenvalue weighted by molar-refractivity contribution is 6.03. The lowest BCUT2D eigenvalue weighted by atomic mass is 9.85. The zero-order valence-electron chi connectivity index (χ0n) is 24.8. The van der Waals surface area contributed by atoms with Crippen molar-refractivity contribution in [3.05, 3.63) is 95.2 Å². The van der Waals surface area contributed by atoms with Crippen LogP contribution in [-0.4, -0.2) is 43.5 Å². The molecule has 0 bridgehead atoms. The van der Waals surface area contributed by atoms with E-state index in [1.807, 2.05) is 48.5 Å². The van der Waals surface area contributed by atoms with E-state index in [4.69, 9.17) is 14.5 Å². The molecule has 214 valence electrons. The first-order valence-corrected chi connectivity index (χ1v) is 14.2. The molecule has 0 fully saturated rings. The molecule has 0 aliphatic rings. The number of ether oxygens (including phenoxy) is 2. The Labute approximate surface area is 243 Å². The Kier molecular flexibility index (Phi) is 9.90. The standard InChI is InChI=1S/C35H40N2O4/c1-6-17-41-18-16-36-34(39)26-14-12-25(13-15-26)27-20-29-28(19-24-10-8-7-9-11-24)30(32(38)22-35(2,3)4)23-37-31(29)21-33(27)40-5/h7-15,20-21,23H,6,16-19,22H2,1-5H3,(H,36,39). The molecule has 0 atom stereocenters. The van der Waals surface area contributed by atoms with Crippen LogP contribution in [0.3, 0.4) is 0 Å². The van der Waals surface area contributed by atoms with E-state index in [9.17, 15) is 9.59 Å². The maximum Gasteiger partial charge on any atom is 0.251 e. The number of Topliss-reactive ketones (excluding diaryl/α,β-unsaturated/α-hetero) is 1. The van der Waals surface area contributed by atoms with Gasteiger partial charge in [-0.3, -0.25) is 14.6 Å². The summed E-state index contributed by atoms with van der Waals surface area (Å²) in [5.74, 6) is 0.624. The highest BCUT2D eigenvalue weighted by Crippen LogP contribution is 2.37. The predicted molar refractivity (Wildman–Crippen MR) is 165 cm³/mol. The molecule has 1 aromatic heterocycles. The van der Waals surface area contributed by atoms with Crippen molar-refractivity contribution in [1.29, 1.82) is 0 Å². The number of ketones is 1. The van der Waals surface area contributed by atoms with Gasteiger partial charge in [0.1, 0.15) is 5.75 Å². The van der Waals surface area contributed by atoms with Crippen LogP contribution in [-0.2, 0) is 11.2 Å². The minimum atomic E-state index is -0.141. The molecule has 0 aliphatic heterocycles. The van der Waals surface area contributed by atoms with E-state index in [1.165, 1.54) is 0 Å². The number of methoxy groups -OCH3 is 1. The number of amides is 1. The van der Waals surface area contributed by atoms with Crippen LogP contribution in [0.2, 0.25) is 0 Å². The molecule has 41 heavy (non-hydrogen) atoms. The SMILES string of the molecule is CCCOCCNC(=O)c1ccc(-c2cc3c(Cc4ccccc4)c(C(=O)CC(C)(C)C)cnc3cc2OC)cc1. The Balaban J connectivity index is 1.73. The van der Waals surface area contributed by atoms with E-state index in [0.717, 1.165) is 39.6 Å². The van der Waals surface area contributed by atoms with E-state index < -0.39 is 0 Å². The van der Waals surface area contributed by atoms with Crippen LogP contribution in [0.5, 0.6) is 5.75 Å². The topological polar surface area (TPSA) is 77.5 Å². The third kappa shape index (κ3) is 7.80. The van der Waals surface area contributed by atoms with Gasteiger partial charge in [0, 0.05) is 53.9 Å². The summed E-state index contributed by atoms with van der Waals surface area (Å²) in [4.78, 5) is 30.8. The summed E-state index contributed by atoms with van der Waals surface area (Å²) >= 11 is 0. The zero-order valence-corrected chi connectivity index (χ0v) is 24.8. The summed E-state index contributed by atoms with van der Waals surface area (Å²) in [6.07, 6.45) is 3.71. The lowest BCUT2D eigenvalue weighted by Gasteiger charge is -2.20. The second-order valence-corrected chi connectivity index (χ2v) is 11.5. The van der Waals surface area contributed by atoms with Gasteiger partial charge in [-0.1, -0.05) is 70.2 Å². The molecule has 4 aromatic rings. The Hall–Kier alpha value is -4.03. The number of hydrogen-bond donors (Lipinski definition) is 1. The van der Waals surface area contributed by atoms with Gasteiger partial charge < -0.3 is 14.8 Å². The normalized spacial score (nSPS) is 11.4. The van der Waals surface area contributed by atoms with Crippen LogP contribution >= 0.6 is 0 Å². The fraction of sp³-hybridized carbons (Fsp3) is 0.343. The van der Waals surface area contributed by atoms with E-state index in [0.29, 0.717) is 49.5 Å². The lowest BCUT2D eigenvalue weighted by molar-refractivity contribution is 0.0913. The van der Waals surface area contributed by atoms with Gasteiger partial charge in [0.2, 0.25) is 0 Å². The maximum absolute atomic E-state index is 13.5. The maximum atomic E-state index is 13.5. The summed E-state index contributed by atoms with van der Waals surface area (Å²) in [6, 6.07) is 21.6. The Bertz CT molecular complexity index is 1490. The molecule has 3 aromatic carbocycles. The average molecular weight is 553 g/mol. The number of carbonyl (C=O) groups excluding carboxylic acids is 2. The number of hydrogen-bond acceptors (Lipinski definition) is 5. The van der Waals surface area contributed by atoms with Crippen molar-refractivity contribution in [2.45, 2.75) is 47.0 Å². The molecule has 6 nitrogen and oxygen atoms in total. The van der Waals surface area contributed by atoms with E-state index in [1.54, 1.807) is 13.3 Å². The minimum Gasteiger partial charge on any atom is -0.496 e. The number of nitrogens with zero attached hydrogens (tertiary/aromatic N) is 1. The Morgan fingerprint density at radius 2 is 1.68 bits per heavy atom. The summed E-state index contributed by atoms with van der Waals surface area (Å²) in [6.45, 7) is 9.91. The molecule has 1 heterocycles. The summed E-state index contributed by atoms with van der Waals surface area (Å²) in [7, 11) is 1.64. The summed E-state index contributed by atoms with van der Waals surface area (Å²) < 4.78 is 11.2. The van der Waals surface area contributed by atoms with Crippen LogP contribution in [0.15, 0.2) is 72.9 Å².